The maximum absolute atomic E-state index is 12.6. The molecular formula is C78H134O11Si5. The summed E-state index contributed by atoms with van der Waals surface area (Å²) in [6.45, 7) is 57.7. The van der Waals surface area contributed by atoms with Crippen LogP contribution in [0.25, 0.3) is 6.08 Å². The summed E-state index contributed by atoms with van der Waals surface area (Å²) in [6, 6.07) is 13.2. The van der Waals surface area contributed by atoms with Crippen molar-refractivity contribution in [3.63, 3.8) is 0 Å². The Hall–Kier alpha value is -3.85. The summed E-state index contributed by atoms with van der Waals surface area (Å²) in [5.41, 5.74) is 0.821. The van der Waals surface area contributed by atoms with Gasteiger partial charge in [0.25, 0.3) is 0 Å². The minimum Gasteiger partial charge on any atom is -0.482 e. The highest BCUT2D eigenvalue weighted by Crippen LogP contribution is 2.48. The Morgan fingerprint density at radius 2 is 0.851 bits per heavy atom. The lowest BCUT2D eigenvalue weighted by Crippen LogP contribution is -2.44. The van der Waals surface area contributed by atoms with Gasteiger partial charge in [0.15, 0.2) is 6.61 Å². The van der Waals surface area contributed by atoms with E-state index in [9.17, 15) is 24.0 Å². The lowest BCUT2D eigenvalue weighted by molar-refractivity contribution is -0.164. The van der Waals surface area contributed by atoms with E-state index in [1.165, 1.54) is 50.6 Å². The van der Waals surface area contributed by atoms with Gasteiger partial charge in [-0.2, -0.15) is 0 Å². The fourth-order valence-corrected chi connectivity index (χ4v) is 24.8. The lowest BCUT2D eigenvalue weighted by atomic mass is 9.86. The third-order valence-electron chi connectivity index (χ3n) is 19.3. The molecule has 0 N–H and O–H groups in total. The van der Waals surface area contributed by atoms with E-state index in [1.54, 1.807) is 19.9 Å². The van der Waals surface area contributed by atoms with Crippen molar-refractivity contribution < 1.29 is 52.4 Å². The van der Waals surface area contributed by atoms with Gasteiger partial charge < -0.3 is 28.4 Å². The zero-order valence-corrected chi connectivity index (χ0v) is 68.4. The Labute approximate surface area is 578 Å². The molecule has 5 saturated carbocycles. The van der Waals surface area contributed by atoms with Crippen LogP contribution in [0.5, 0.6) is 5.75 Å². The normalized spacial score (nSPS) is 23.1. The highest BCUT2D eigenvalue weighted by Gasteiger charge is 2.48. The molecule has 1 aromatic carbocycles. The van der Waals surface area contributed by atoms with Gasteiger partial charge in [-0.15, -0.1) is 0 Å². The van der Waals surface area contributed by atoms with Gasteiger partial charge in [-0.3, -0.25) is 9.59 Å². The summed E-state index contributed by atoms with van der Waals surface area (Å²) in [4.78, 5) is 60.4. The monoisotopic (exact) mass is 1390 g/mol. The average Bonchev–Trinajstić information content (AvgIpc) is 1.61. The topological polar surface area (TPSA) is 141 Å². The van der Waals surface area contributed by atoms with Crippen LogP contribution in [0.3, 0.4) is 0 Å². The standard InChI is InChI=1S/C20H30O3Si.C17H28O2Si.C16H28O2Si.C13H24O2Si.C12H24O2Si/c1-5-17-9-11-18(12-10-17)22-15-19(21)23-20(16-24(2,3)4)13-7-6-8-14-20;1-20(2,3)12-17(8-4-5-9-17)19-16(18)15-11-13-6-7-14(15)10-13;1-16(2,8-9-19(3,4)5)18-15(17)14-11-12-6-7-13(14)10-12;1-11(2)12(14)15-13(8-6-7-9-13)10-16(3,4)5;1-10(2)11(13)14-12(3,4)8-9-15(5,6)7/h5,9-12H,1,6-8,13-16H2,2-4H3;6-7,13-15H,4-5,8-12H2,1-3H3;6-7,12-14H,8-11H2,1-5H3;1,6-10H2,2-5H3;1,8-9H2,2-7H3. The molecule has 0 aromatic heterocycles. The Kier molecular flexibility index (Phi) is 30.5. The molecule has 94 heavy (non-hydrogen) atoms. The minimum absolute atomic E-state index is 0.0269. The summed E-state index contributed by atoms with van der Waals surface area (Å²) in [5.74, 6) is 2.58. The Bertz CT molecular complexity index is 2730. The van der Waals surface area contributed by atoms with Crippen molar-refractivity contribution in [1.82, 2.24) is 0 Å². The maximum Gasteiger partial charge on any atom is 0.344 e. The molecule has 0 radical (unpaired) electrons. The van der Waals surface area contributed by atoms with Crippen molar-refractivity contribution >= 4 is 76.3 Å². The SMILES string of the molecule is C=C(C)C(=O)OC(C)(C)CC[Si](C)(C)C.C=C(C)C(=O)OC1(C[Si](C)(C)C)CCCC1.C=Cc1ccc(OCC(=O)OC2(C[Si](C)(C)C)CCCCC2)cc1.CC(C)(CC[Si](C)(C)C)OC(=O)C1CC2C=CC1C2.C[Si](C)(C)CC1(OC(=O)C2CC3C=CC2C3)CCCC1. The van der Waals surface area contributed by atoms with E-state index in [1.807, 2.05) is 38.1 Å². The molecule has 1 aromatic rings. The molecule has 6 unspecified atom stereocenters. The third kappa shape index (κ3) is 30.5. The van der Waals surface area contributed by atoms with Gasteiger partial charge in [-0.05, 0) is 217 Å². The summed E-state index contributed by atoms with van der Waals surface area (Å²) in [5, 5.41) is 0. The third-order valence-corrected chi connectivity index (χ3v) is 28.0. The second kappa shape index (κ2) is 34.8. The summed E-state index contributed by atoms with van der Waals surface area (Å²) in [7, 11) is -5.84. The Morgan fingerprint density at radius 1 is 0.479 bits per heavy atom. The zero-order valence-electron chi connectivity index (χ0n) is 63.4. The predicted molar refractivity (Wildman–Crippen MR) is 406 cm³/mol. The van der Waals surface area contributed by atoms with Crippen LogP contribution in [0.15, 0.2) is 79.5 Å². The quantitative estimate of drug-likeness (QED) is 0.0304. The molecule has 0 saturated heterocycles. The van der Waals surface area contributed by atoms with Gasteiger partial charge in [0.1, 0.15) is 33.8 Å². The molecule has 6 atom stereocenters. The van der Waals surface area contributed by atoms with Crippen LogP contribution in [-0.4, -0.2) is 105 Å². The van der Waals surface area contributed by atoms with Crippen LogP contribution < -0.4 is 4.74 Å². The first-order valence-electron chi connectivity index (χ1n) is 36.3. The van der Waals surface area contributed by atoms with E-state index in [-0.39, 0.29) is 76.3 Å². The fourth-order valence-electron chi connectivity index (χ4n) is 15.0. The number of fused-ring (bicyclic) bond motifs is 4. The maximum atomic E-state index is 12.6. The van der Waals surface area contributed by atoms with E-state index in [0.29, 0.717) is 40.6 Å². The molecule has 16 heteroatoms. The molecule has 0 amide bonds. The molecule has 4 bridgehead atoms. The van der Waals surface area contributed by atoms with Gasteiger partial charge in [-0.1, -0.05) is 179 Å². The number of hydrogen-bond acceptors (Lipinski definition) is 11. The van der Waals surface area contributed by atoms with Crippen LogP contribution in [0.2, 0.25) is 128 Å². The molecule has 532 valence electrons. The van der Waals surface area contributed by atoms with Crippen molar-refractivity contribution in [3.05, 3.63) is 85.0 Å². The molecule has 5 fully saturated rings. The van der Waals surface area contributed by atoms with Crippen molar-refractivity contribution in [1.29, 1.82) is 0 Å². The number of rotatable bonds is 25. The number of allylic oxidation sites excluding steroid dienone is 4. The van der Waals surface area contributed by atoms with Gasteiger partial charge in [-0.25, -0.2) is 14.4 Å². The lowest BCUT2D eigenvalue weighted by Gasteiger charge is -2.40. The first kappa shape index (κ1) is 82.6. The number of benzene rings is 1. The molecule has 0 aliphatic heterocycles. The molecule has 7 aliphatic carbocycles. The van der Waals surface area contributed by atoms with Crippen LogP contribution >= 0.6 is 0 Å². The van der Waals surface area contributed by atoms with Crippen LogP contribution in [0.4, 0.5) is 0 Å². The first-order valence-corrected chi connectivity index (χ1v) is 54.8. The van der Waals surface area contributed by atoms with Crippen molar-refractivity contribution in [2.24, 2.45) is 35.5 Å². The van der Waals surface area contributed by atoms with Gasteiger partial charge >= 0.3 is 29.8 Å². The second-order valence-corrected chi connectivity index (χ2v) is 64.5. The number of hydrogen-bond donors (Lipinski definition) is 0. The largest absolute Gasteiger partial charge is 0.482 e. The summed E-state index contributed by atoms with van der Waals surface area (Å²) < 4.78 is 34.7. The van der Waals surface area contributed by atoms with Crippen molar-refractivity contribution in [3.8, 4) is 5.75 Å². The van der Waals surface area contributed by atoms with Crippen LogP contribution in [0.1, 0.15) is 169 Å². The van der Waals surface area contributed by atoms with E-state index >= 15 is 0 Å². The molecule has 7 aliphatic rings. The van der Waals surface area contributed by atoms with Gasteiger partial charge in [0.2, 0.25) is 0 Å². The highest BCUT2D eigenvalue weighted by atomic mass is 28.3. The van der Waals surface area contributed by atoms with E-state index < -0.39 is 40.4 Å². The number of ether oxygens (including phenoxy) is 6. The van der Waals surface area contributed by atoms with Gasteiger partial charge in [0, 0.05) is 51.5 Å². The van der Waals surface area contributed by atoms with E-state index in [2.05, 4.69) is 156 Å². The number of carbonyl (C=O) groups excluding carboxylic acids is 5. The smallest absolute Gasteiger partial charge is 0.344 e. The van der Waals surface area contributed by atoms with E-state index in [0.717, 1.165) is 107 Å². The van der Waals surface area contributed by atoms with Crippen LogP contribution in [0, 0.1) is 35.5 Å². The first-order chi connectivity index (χ1) is 43.1. The average molecular weight is 1390 g/mol. The Balaban J connectivity index is 0.000000253. The van der Waals surface area contributed by atoms with Crippen molar-refractivity contribution in [2.75, 3.05) is 6.61 Å². The van der Waals surface area contributed by atoms with E-state index in [4.69, 9.17) is 28.4 Å². The Morgan fingerprint density at radius 3 is 1.20 bits per heavy atom. The summed E-state index contributed by atoms with van der Waals surface area (Å²) >= 11 is 0. The highest BCUT2D eigenvalue weighted by molar-refractivity contribution is 6.77. The zero-order chi connectivity index (χ0) is 70.9. The molecule has 11 nitrogen and oxygen atoms in total. The summed E-state index contributed by atoms with van der Waals surface area (Å²) in [6.07, 6.45) is 31.8. The molecule has 0 spiro atoms. The minimum atomic E-state index is -1.31. The van der Waals surface area contributed by atoms with Crippen LogP contribution in [-0.2, 0) is 47.7 Å². The molecule has 0 heterocycles. The molecular weight excluding hydrogens is 1250 g/mol. The molecule has 8 rings (SSSR count). The fraction of sp³-hybridized carbons (Fsp3) is 0.731. The predicted octanol–water partition coefficient (Wildman–Crippen LogP) is 21.3. The van der Waals surface area contributed by atoms with Crippen molar-refractivity contribution in [2.45, 2.75) is 320 Å². The van der Waals surface area contributed by atoms with Gasteiger partial charge in [0.05, 0.1) is 11.8 Å². The number of carbonyl (C=O) groups is 5. The number of esters is 5. The second-order valence-electron chi connectivity index (χ2n) is 36.9.